The zero-order chi connectivity index (χ0) is 29.9. The maximum atomic E-state index is 14.9. The third-order valence-electron chi connectivity index (χ3n) is 7.77. The molecule has 7 nitrogen and oxygen atoms in total. The van der Waals surface area contributed by atoms with Gasteiger partial charge in [-0.05, 0) is 67.8 Å². The number of fused-ring (bicyclic) bond motifs is 2. The first-order valence-corrected chi connectivity index (χ1v) is 13.5. The summed E-state index contributed by atoms with van der Waals surface area (Å²) in [5.41, 5.74) is -1.03. The number of amides is 2. The van der Waals surface area contributed by atoms with Gasteiger partial charge in [-0.3, -0.25) is 9.59 Å². The lowest BCUT2D eigenvalue weighted by molar-refractivity contribution is -0.156. The van der Waals surface area contributed by atoms with Crippen molar-refractivity contribution in [3.8, 4) is 5.75 Å². The Labute approximate surface area is 245 Å². The van der Waals surface area contributed by atoms with Crippen LogP contribution in [0, 0.1) is 18.6 Å². The molecule has 2 aliphatic heterocycles. The van der Waals surface area contributed by atoms with Crippen LogP contribution in [0.5, 0.6) is 5.75 Å². The van der Waals surface area contributed by atoms with E-state index in [1.54, 1.807) is 31.2 Å². The normalized spacial score (nSPS) is 21.8. The lowest BCUT2D eigenvalue weighted by Crippen LogP contribution is -2.57. The minimum Gasteiger partial charge on any atom is -0.476 e. The molecule has 3 atom stereocenters. The average molecular weight is 603 g/mol. The highest BCUT2D eigenvalue weighted by Crippen LogP contribution is 2.59. The summed E-state index contributed by atoms with van der Waals surface area (Å²) in [7, 11) is 1.19. The number of ether oxygens (including phenoxy) is 2. The summed E-state index contributed by atoms with van der Waals surface area (Å²) >= 11 is 12.5. The Kier molecular flexibility index (Phi) is 7.24. The van der Waals surface area contributed by atoms with E-state index in [9.17, 15) is 23.2 Å². The number of piperidine rings is 1. The molecule has 2 amide bonds. The van der Waals surface area contributed by atoms with Crippen LogP contribution in [-0.4, -0.2) is 30.5 Å². The van der Waals surface area contributed by atoms with Crippen LogP contribution >= 0.6 is 23.2 Å². The van der Waals surface area contributed by atoms with E-state index in [2.05, 4.69) is 10.6 Å². The molecule has 3 aromatic rings. The summed E-state index contributed by atoms with van der Waals surface area (Å²) in [5.74, 6) is -4.17. The van der Waals surface area contributed by atoms with E-state index in [0.717, 1.165) is 6.07 Å². The lowest BCUT2D eigenvalue weighted by Gasteiger charge is -2.47. The standard InChI is InChI=1S/C30H26Cl2F2N2O5/c1-14-5-7-16(33)10-17(14)26-30(19-8-6-15(31)9-23(19)35-27(30)38)20(12-25(37)36-26)18-11-21(32)22(34)13-24(18)41-29(2,3)28(39)40-4/h5-11,13,20,26H,12H2,1-4H3,(H,35,38)(H,36,37). The fourth-order valence-corrected chi connectivity index (χ4v) is 6.25. The second-order valence-corrected chi connectivity index (χ2v) is 11.5. The minimum absolute atomic E-state index is 0.105. The maximum absolute atomic E-state index is 14.9. The first-order valence-electron chi connectivity index (χ1n) is 12.7. The van der Waals surface area contributed by atoms with Gasteiger partial charge < -0.3 is 20.1 Å². The number of rotatable bonds is 5. The van der Waals surface area contributed by atoms with Gasteiger partial charge in [-0.1, -0.05) is 35.3 Å². The van der Waals surface area contributed by atoms with Crippen LogP contribution in [-0.2, 0) is 24.5 Å². The number of hydrogen-bond donors (Lipinski definition) is 2. The van der Waals surface area contributed by atoms with Gasteiger partial charge in [0.05, 0.1) is 18.2 Å². The van der Waals surface area contributed by atoms with Crippen LogP contribution in [0.2, 0.25) is 10.0 Å². The Morgan fingerprint density at radius 1 is 1.05 bits per heavy atom. The van der Waals surface area contributed by atoms with Crippen LogP contribution < -0.4 is 15.4 Å². The number of hydrogen-bond acceptors (Lipinski definition) is 5. The number of aryl methyl sites for hydroxylation is 1. The first kappa shape index (κ1) is 28.8. The van der Waals surface area contributed by atoms with Gasteiger partial charge in [0, 0.05) is 34.7 Å². The van der Waals surface area contributed by atoms with Gasteiger partial charge in [0.25, 0.3) is 0 Å². The average Bonchev–Trinajstić information content (AvgIpc) is 3.19. The van der Waals surface area contributed by atoms with Crippen molar-refractivity contribution in [1.82, 2.24) is 5.32 Å². The Bertz CT molecular complexity index is 1610. The van der Waals surface area contributed by atoms with Crippen LogP contribution in [0.4, 0.5) is 14.5 Å². The molecular formula is C30H26Cl2F2N2O5. The molecule has 0 radical (unpaired) electrons. The van der Waals surface area contributed by atoms with Gasteiger partial charge in [0.15, 0.2) is 5.60 Å². The van der Waals surface area contributed by atoms with E-state index >= 15 is 0 Å². The number of methoxy groups -OCH3 is 1. The van der Waals surface area contributed by atoms with Crippen molar-refractivity contribution < 1.29 is 32.6 Å². The van der Waals surface area contributed by atoms with Gasteiger partial charge >= 0.3 is 5.97 Å². The summed E-state index contributed by atoms with van der Waals surface area (Å²) in [6.45, 7) is 4.63. The van der Waals surface area contributed by atoms with Crippen molar-refractivity contribution in [1.29, 1.82) is 0 Å². The van der Waals surface area contributed by atoms with E-state index in [1.165, 1.54) is 39.2 Å². The van der Waals surface area contributed by atoms with Crippen LogP contribution in [0.1, 0.15) is 54.5 Å². The Morgan fingerprint density at radius 3 is 2.49 bits per heavy atom. The largest absolute Gasteiger partial charge is 0.476 e. The van der Waals surface area contributed by atoms with Gasteiger partial charge in [0.2, 0.25) is 11.8 Å². The van der Waals surface area contributed by atoms with Crippen LogP contribution in [0.15, 0.2) is 48.5 Å². The minimum atomic E-state index is -1.58. The van der Waals surface area contributed by atoms with Crippen molar-refractivity contribution in [3.63, 3.8) is 0 Å². The monoisotopic (exact) mass is 602 g/mol. The fourth-order valence-electron chi connectivity index (χ4n) is 5.91. The number of carbonyl (C=O) groups excluding carboxylic acids is 3. The number of anilines is 1. The molecule has 41 heavy (non-hydrogen) atoms. The highest BCUT2D eigenvalue weighted by molar-refractivity contribution is 6.31. The molecule has 2 heterocycles. The predicted molar refractivity (Wildman–Crippen MR) is 149 cm³/mol. The van der Waals surface area contributed by atoms with Gasteiger partial charge in [-0.2, -0.15) is 0 Å². The third-order valence-corrected chi connectivity index (χ3v) is 8.30. The number of esters is 1. The van der Waals surface area contributed by atoms with E-state index in [4.69, 9.17) is 32.7 Å². The molecule has 1 spiro atoms. The summed E-state index contributed by atoms with van der Waals surface area (Å²) in [6.07, 6.45) is -0.239. The summed E-state index contributed by atoms with van der Waals surface area (Å²) in [5, 5.41) is 5.88. The number of halogens is 4. The summed E-state index contributed by atoms with van der Waals surface area (Å²) < 4.78 is 40.4. The molecule has 5 rings (SSSR count). The van der Waals surface area contributed by atoms with Crippen molar-refractivity contribution >= 4 is 46.7 Å². The Morgan fingerprint density at radius 2 is 1.78 bits per heavy atom. The van der Waals surface area contributed by atoms with Crippen molar-refractivity contribution in [2.75, 3.05) is 12.4 Å². The van der Waals surface area contributed by atoms with Gasteiger partial charge in [-0.25, -0.2) is 13.6 Å². The highest BCUT2D eigenvalue weighted by Gasteiger charge is 2.62. The Balaban J connectivity index is 1.83. The molecule has 1 fully saturated rings. The second kappa shape index (κ2) is 10.3. The van der Waals surface area contributed by atoms with Crippen molar-refractivity contribution in [2.24, 2.45) is 0 Å². The first-order chi connectivity index (χ1) is 19.3. The predicted octanol–water partition coefficient (Wildman–Crippen LogP) is 6.15. The molecule has 11 heteroatoms. The highest BCUT2D eigenvalue weighted by atomic mass is 35.5. The topological polar surface area (TPSA) is 93.7 Å². The van der Waals surface area contributed by atoms with Gasteiger partial charge in [0.1, 0.15) is 22.8 Å². The lowest BCUT2D eigenvalue weighted by atomic mass is 9.59. The number of nitrogens with one attached hydrogen (secondary N) is 2. The second-order valence-electron chi connectivity index (χ2n) is 10.7. The molecule has 214 valence electrons. The van der Waals surface area contributed by atoms with E-state index < -0.39 is 52.4 Å². The molecule has 3 unspecified atom stereocenters. The molecule has 0 aliphatic carbocycles. The molecule has 1 saturated heterocycles. The fraction of sp³-hybridized carbons (Fsp3) is 0.300. The molecule has 0 aromatic heterocycles. The molecular weight excluding hydrogens is 577 g/mol. The number of carbonyl (C=O) groups is 3. The van der Waals surface area contributed by atoms with Crippen molar-refractivity contribution in [3.05, 3.63) is 92.5 Å². The molecule has 2 aliphatic rings. The maximum Gasteiger partial charge on any atom is 0.349 e. The van der Waals surface area contributed by atoms with Gasteiger partial charge in [-0.15, -0.1) is 0 Å². The Hall–Kier alpha value is -3.69. The molecule has 3 aromatic carbocycles. The van der Waals surface area contributed by atoms with E-state index in [-0.39, 0.29) is 22.8 Å². The zero-order valence-electron chi connectivity index (χ0n) is 22.5. The summed E-state index contributed by atoms with van der Waals surface area (Å²) in [6, 6.07) is 10.2. The summed E-state index contributed by atoms with van der Waals surface area (Å²) in [4.78, 5) is 40.1. The van der Waals surface area contributed by atoms with Crippen LogP contribution in [0.3, 0.4) is 0 Å². The molecule has 0 saturated carbocycles. The molecule has 2 N–H and O–H groups in total. The molecule has 0 bridgehead atoms. The van der Waals surface area contributed by atoms with Crippen LogP contribution in [0.25, 0.3) is 0 Å². The SMILES string of the molecule is COC(=O)C(C)(C)Oc1cc(F)c(Cl)cc1C1CC(=O)NC(c2cc(F)ccc2C)C12C(=O)Nc1cc(Cl)ccc12. The van der Waals surface area contributed by atoms with Crippen molar-refractivity contribution in [2.45, 2.75) is 50.2 Å². The third kappa shape index (κ3) is 4.71. The number of benzene rings is 3. The van der Waals surface area contributed by atoms with E-state index in [0.29, 0.717) is 27.4 Å². The zero-order valence-corrected chi connectivity index (χ0v) is 24.0. The smallest absolute Gasteiger partial charge is 0.349 e. The van der Waals surface area contributed by atoms with E-state index in [1.807, 2.05) is 0 Å². The quantitative estimate of drug-likeness (QED) is 0.342.